The predicted molar refractivity (Wildman–Crippen MR) is 89.3 cm³/mol. The van der Waals surface area contributed by atoms with Gasteiger partial charge in [0.1, 0.15) is 5.82 Å². The molecule has 0 saturated heterocycles. The largest absolute Gasteiger partial charge is 0.322 e. The summed E-state index contributed by atoms with van der Waals surface area (Å²) in [6.45, 7) is 7.33. The maximum absolute atomic E-state index is 11.6. The van der Waals surface area contributed by atoms with Crippen LogP contribution in [0.2, 0.25) is 0 Å². The molecule has 1 heterocycles. The van der Waals surface area contributed by atoms with E-state index in [9.17, 15) is 4.79 Å². The second kappa shape index (κ2) is 7.38. The normalized spacial score (nSPS) is 11.5. The number of nitrogens with one attached hydrogen (secondary N) is 3. The fourth-order valence-electron chi connectivity index (χ4n) is 1.80. The Morgan fingerprint density at radius 1 is 1.18 bits per heavy atom. The number of hydrogen-bond donors (Lipinski definition) is 3. The summed E-state index contributed by atoms with van der Waals surface area (Å²) >= 11 is 0. The SMILES string of the molecule is C=C(C)C(=O)Nc1ccc(C(C)NNc2ccccn2)cc1. The number of nitrogens with zero attached hydrogens (tertiary/aromatic N) is 1. The predicted octanol–water partition coefficient (Wildman–Crippen LogP) is 3.27. The van der Waals surface area contributed by atoms with Crippen molar-refractivity contribution in [2.75, 3.05) is 10.7 Å². The van der Waals surface area contributed by atoms with Crippen LogP contribution in [0.25, 0.3) is 0 Å². The molecule has 0 aliphatic heterocycles. The molecule has 0 aliphatic carbocycles. The van der Waals surface area contributed by atoms with Gasteiger partial charge < -0.3 is 10.7 Å². The fourth-order valence-corrected chi connectivity index (χ4v) is 1.80. The molecule has 1 atom stereocenters. The average molecular weight is 296 g/mol. The summed E-state index contributed by atoms with van der Waals surface area (Å²) in [6, 6.07) is 13.4. The summed E-state index contributed by atoms with van der Waals surface area (Å²) < 4.78 is 0. The quantitative estimate of drug-likeness (QED) is 0.565. The molecule has 0 saturated carbocycles. The first-order valence-corrected chi connectivity index (χ1v) is 7.05. The minimum absolute atomic E-state index is 0.0906. The van der Waals surface area contributed by atoms with E-state index < -0.39 is 0 Å². The number of rotatable bonds is 6. The number of pyridine rings is 1. The number of hydrogen-bond acceptors (Lipinski definition) is 4. The highest BCUT2D eigenvalue weighted by molar-refractivity contribution is 6.02. The first-order valence-electron chi connectivity index (χ1n) is 7.05. The van der Waals surface area contributed by atoms with E-state index in [2.05, 4.69) is 27.7 Å². The Labute approximate surface area is 130 Å². The van der Waals surface area contributed by atoms with E-state index in [4.69, 9.17) is 0 Å². The van der Waals surface area contributed by atoms with E-state index in [-0.39, 0.29) is 11.9 Å². The Bertz CT molecular complexity index is 637. The van der Waals surface area contributed by atoms with Crippen LogP contribution in [0.1, 0.15) is 25.5 Å². The van der Waals surface area contributed by atoms with E-state index in [0.717, 1.165) is 17.1 Å². The molecule has 5 nitrogen and oxygen atoms in total. The highest BCUT2D eigenvalue weighted by atomic mass is 16.1. The van der Waals surface area contributed by atoms with Gasteiger partial charge in [0.25, 0.3) is 5.91 Å². The standard InChI is InChI=1S/C17H20N4O/c1-12(2)17(22)19-15-9-7-14(8-10-15)13(3)20-21-16-6-4-5-11-18-16/h4-11,13,20H,1H2,2-3H3,(H,18,21)(H,19,22). The van der Waals surface area contributed by atoms with Crippen molar-refractivity contribution in [1.82, 2.24) is 10.4 Å². The lowest BCUT2D eigenvalue weighted by Gasteiger charge is -2.16. The molecule has 1 aromatic carbocycles. The molecule has 0 bridgehead atoms. The van der Waals surface area contributed by atoms with Gasteiger partial charge in [-0.05, 0) is 43.7 Å². The van der Waals surface area contributed by atoms with Crippen LogP contribution in [-0.4, -0.2) is 10.9 Å². The second-order valence-electron chi connectivity index (χ2n) is 5.06. The van der Waals surface area contributed by atoms with Crippen LogP contribution in [0, 0.1) is 0 Å². The third kappa shape index (κ3) is 4.43. The Kier molecular flexibility index (Phi) is 5.27. The highest BCUT2D eigenvalue weighted by Gasteiger charge is 2.06. The molecule has 3 N–H and O–H groups in total. The molecular formula is C17H20N4O. The number of carbonyl (C=O) groups excluding carboxylic acids is 1. The number of aromatic nitrogens is 1. The smallest absolute Gasteiger partial charge is 0.250 e. The zero-order valence-corrected chi connectivity index (χ0v) is 12.8. The van der Waals surface area contributed by atoms with E-state index in [0.29, 0.717) is 5.57 Å². The molecular weight excluding hydrogens is 276 g/mol. The van der Waals surface area contributed by atoms with Gasteiger partial charge in [0, 0.05) is 23.5 Å². The minimum atomic E-state index is -0.171. The fraction of sp³-hybridized carbons (Fsp3) is 0.176. The summed E-state index contributed by atoms with van der Waals surface area (Å²) in [5, 5.41) is 2.78. The number of carbonyl (C=O) groups is 1. The van der Waals surface area contributed by atoms with Crippen molar-refractivity contribution >= 4 is 17.4 Å². The topological polar surface area (TPSA) is 66.1 Å². The highest BCUT2D eigenvalue weighted by Crippen LogP contribution is 2.16. The molecule has 114 valence electrons. The molecule has 22 heavy (non-hydrogen) atoms. The van der Waals surface area contributed by atoms with Crippen molar-refractivity contribution < 1.29 is 4.79 Å². The van der Waals surface area contributed by atoms with Crippen LogP contribution in [0.5, 0.6) is 0 Å². The summed E-state index contributed by atoms with van der Waals surface area (Å²) in [6.07, 6.45) is 1.73. The number of anilines is 2. The van der Waals surface area contributed by atoms with Crippen molar-refractivity contribution in [2.24, 2.45) is 0 Å². The first-order chi connectivity index (χ1) is 10.6. The van der Waals surface area contributed by atoms with Gasteiger partial charge in [-0.1, -0.05) is 24.8 Å². The molecule has 0 radical (unpaired) electrons. The average Bonchev–Trinajstić information content (AvgIpc) is 2.54. The van der Waals surface area contributed by atoms with Crippen LogP contribution in [0.4, 0.5) is 11.5 Å². The van der Waals surface area contributed by atoms with E-state index in [1.165, 1.54) is 0 Å². The lowest BCUT2D eigenvalue weighted by Crippen LogP contribution is -2.25. The monoisotopic (exact) mass is 296 g/mol. The van der Waals surface area contributed by atoms with Crippen molar-refractivity contribution in [3.05, 3.63) is 66.4 Å². The second-order valence-corrected chi connectivity index (χ2v) is 5.06. The van der Waals surface area contributed by atoms with E-state index in [1.807, 2.05) is 49.4 Å². The maximum atomic E-state index is 11.6. The summed E-state index contributed by atoms with van der Waals surface area (Å²) in [7, 11) is 0. The molecule has 0 fully saturated rings. The van der Waals surface area contributed by atoms with Gasteiger partial charge in [-0.2, -0.15) is 0 Å². The van der Waals surface area contributed by atoms with Gasteiger partial charge in [0.05, 0.1) is 0 Å². The summed E-state index contributed by atoms with van der Waals surface area (Å²) in [4.78, 5) is 15.7. The van der Waals surface area contributed by atoms with E-state index >= 15 is 0 Å². The molecule has 2 rings (SSSR count). The van der Waals surface area contributed by atoms with Gasteiger partial charge in [0.15, 0.2) is 0 Å². The molecule has 1 amide bonds. The molecule has 1 unspecified atom stereocenters. The Morgan fingerprint density at radius 2 is 1.91 bits per heavy atom. The molecule has 0 spiro atoms. The van der Waals surface area contributed by atoms with Crippen LogP contribution in [0.15, 0.2) is 60.8 Å². The molecule has 5 heteroatoms. The molecule has 1 aromatic heterocycles. The van der Waals surface area contributed by atoms with Gasteiger partial charge in [0.2, 0.25) is 0 Å². The molecule has 0 aliphatic rings. The van der Waals surface area contributed by atoms with Crippen molar-refractivity contribution in [3.8, 4) is 0 Å². The lowest BCUT2D eigenvalue weighted by molar-refractivity contribution is -0.112. The van der Waals surface area contributed by atoms with Crippen LogP contribution in [0.3, 0.4) is 0 Å². The van der Waals surface area contributed by atoms with Crippen molar-refractivity contribution in [2.45, 2.75) is 19.9 Å². The maximum Gasteiger partial charge on any atom is 0.250 e. The summed E-state index contributed by atoms with van der Waals surface area (Å²) in [5.74, 6) is 0.593. The molecule has 2 aromatic rings. The van der Waals surface area contributed by atoms with E-state index in [1.54, 1.807) is 13.1 Å². The zero-order chi connectivity index (χ0) is 15.9. The lowest BCUT2D eigenvalue weighted by atomic mass is 10.1. The van der Waals surface area contributed by atoms with Crippen molar-refractivity contribution in [3.63, 3.8) is 0 Å². The van der Waals surface area contributed by atoms with Gasteiger partial charge in [-0.3, -0.25) is 4.79 Å². The van der Waals surface area contributed by atoms with Gasteiger partial charge in [-0.25, -0.2) is 10.4 Å². The van der Waals surface area contributed by atoms with Crippen LogP contribution in [-0.2, 0) is 4.79 Å². The Hall–Kier alpha value is -2.66. The van der Waals surface area contributed by atoms with Crippen LogP contribution >= 0.6 is 0 Å². The van der Waals surface area contributed by atoms with Gasteiger partial charge >= 0.3 is 0 Å². The Morgan fingerprint density at radius 3 is 2.50 bits per heavy atom. The van der Waals surface area contributed by atoms with Gasteiger partial charge in [-0.15, -0.1) is 0 Å². The third-order valence-corrected chi connectivity index (χ3v) is 3.14. The van der Waals surface area contributed by atoms with Crippen molar-refractivity contribution in [1.29, 1.82) is 0 Å². The minimum Gasteiger partial charge on any atom is -0.322 e. The first kappa shape index (κ1) is 15.7. The van der Waals surface area contributed by atoms with Crippen LogP contribution < -0.4 is 16.2 Å². The summed E-state index contributed by atoms with van der Waals surface area (Å²) in [5.41, 5.74) is 8.57. The number of benzene rings is 1. The third-order valence-electron chi connectivity index (χ3n) is 3.14. The number of hydrazine groups is 1. The number of amides is 1. The zero-order valence-electron chi connectivity index (χ0n) is 12.8. The Balaban J connectivity index is 1.92.